The van der Waals surface area contributed by atoms with Crippen molar-refractivity contribution in [3.63, 3.8) is 0 Å². The fraction of sp³-hybridized carbons (Fsp3) is 0.800. The van der Waals surface area contributed by atoms with Crippen LogP contribution in [-0.4, -0.2) is 42.0 Å². The van der Waals surface area contributed by atoms with Crippen molar-refractivity contribution in [1.29, 1.82) is 5.26 Å². The summed E-state index contributed by atoms with van der Waals surface area (Å²) in [7, 11) is -0.250. The Morgan fingerprint density at radius 3 is 2.69 bits per heavy atom. The van der Waals surface area contributed by atoms with Crippen molar-refractivity contribution in [3.8, 4) is 6.07 Å². The third-order valence-corrected chi connectivity index (χ3v) is 3.91. The first-order valence-electron chi connectivity index (χ1n) is 5.26. The third-order valence-electron chi connectivity index (χ3n) is 1.97. The van der Waals surface area contributed by atoms with Crippen LogP contribution in [0.3, 0.4) is 0 Å². The van der Waals surface area contributed by atoms with Gasteiger partial charge in [0.2, 0.25) is 6.29 Å². The van der Waals surface area contributed by atoms with Crippen LogP contribution in [0.15, 0.2) is 0 Å². The van der Waals surface area contributed by atoms with Crippen LogP contribution in [0.25, 0.3) is 0 Å². The quantitative estimate of drug-likeness (QED) is 0.361. The Hall–Kier alpha value is -0.353. The van der Waals surface area contributed by atoms with E-state index >= 15 is 0 Å². The molecular weight excluding hydrogens is 242 g/mol. The van der Waals surface area contributed by atoms with Gasteiger partial charge >= 0.3 is 0 Å². The molecule has 0 aliphatic carbocycles. The van der Waals surface area contributed by atoms with E-state index in [4.69, 9.17) is 10.00 Å². The maximum absolute atomic E-state index is 9.57. The van der Waals surface area contributed by atoms with Gasteiger partial charge in [0, 0.05) is 6.61 Å². The van der Waals surface area contributed by atoms with Crippen molar-refractivity contribution in [2.45, 2.75) is 43.8 Å². The molecule has 0 aromatic carbocycles. The molecule has 0 bridgehead atoms. The zero-order valence-corrected chi connectivity index (χ0v) is 11.5. The van der Waals surface area contributed by atoms with E-state index in [0.717, 1.165) is 12.8 Å². The van der Waals surface area contributed by atoms with Gasteiger partial charge in [-0.1, -0.05) is 19.8 Å². The Labute approximate surface area is 104 Å². The van der Waals surface area contributed by atoms with Crippen molar-refractivity contribution >= 4 is 27.1 Å². The van der Waals surface area contributed by atoms with Crippen LogP contribution in [0.2, 0.25) is 0 Å². The number of aliphatic hydroxyl groups is 2. The van der Waals surface area contributed by atoms with Crippen LogP contribution in [0, 0.1) is 11.3 Å². The Kier molecular flexibility index (Phi) is 7.67. The fourth-order valence-corrected chi connectivity index (χ4v) is 2.58. The predicted octanol–water partition coefficient (Wildman–Crippen LogP) is 0.888. The molecule has 2 atom stereocenters. The molecule has 0 aromatic rings. The molecule has 2 unspecified atom stereocenters. The van der Waals surface area contributed by atoms with E-state index < -0.39 is 10.7 Å². The minimum absolute atomic E-state index is 0.213. The summed E-state index contributed by atoms with van der Waals surface area (Å²) in [6.07, 6.45) is 1.10. The van der Waals surface area contributed by atoms with Crippen molar-refractivity contribution < 1.29 is 14.9 Å². The first-order valence-corrected chi connectivity index (χ1v) is 6.71. The van der Waals surface area contributed by atoms with Crippen molar-refractivity contribution in [2.24, 2.45) is 0 Å². The normalized spacial score (nSPS) is 17.6. The Balaban J connectivity index is 4.60. The van der Waals surface area contributed by atoms with Gasteiger partial charge in [0.05, 0.1) is 6.07 Å². The molecule has 1 radical (unpaired) electrons. The van der Waals surface area contributed by atoms with Crippen molar-refractivity contribution in [1.82, 2.24) is 0 Å². The molecular formula is C10H18NO3SSi. The van der Waals surface area contributed by atoms with Crippen LogP contribution < -0.4 is 0 Å². The lowest BCUT2D eigenvalue weighted by molar-refractivity contribution is -0.0520. The zero-order chi connectivity index (χ0) is 12.6. The Bertz CT molecular complexity index is 280. The predicted molar refractivity (Wildman–Crippen MR) is 67.2 cm³/mol. The van der Waals surface area contributed by atoms with Gasteiger partial charge < -0.3 is 14.9 Å². The summed E-state index contributed by atoms with van der Waals surface area (Å²) in [5.74, 6) is 0. The molecule has 0 aliphatic heterocycles. The van der Waals surface area contributed by atoms with Gasteiger partial charge in [-0.05, 0) is 13.3 Å². The van der Waals surface area contributed by atoms with Gasteiger partial charge in [0.1, 0.15) is 18.9 Å². The summed E-state index contributed by atoms with van der Waals surface area (Å²) in [5, 5.41) is 27.7. The highest BCUT2D eigenvalue weighted by Gasteiger charge is 2.25. The molecule has 0 rings (SSSR count). The number of ether oxygens (including phenoxy) is 1. The van der Waals surface area contributed by atoms with Crippen molar-refractivity contribution in [2.75, 3.05) is 6.61 Å². The summed E-state index contributed by atoms with van der Waals surface area (Å²) in [6.45, 7) is 4.04. The monoisotopic (exact) mass is 260 g/mol. The van der Waals surface area contributed by atoms with E-state index in [2.05, 4.69) is 18.7 Å². The third kappa shape index (κ3) is 5.65. The van der Waals surface area contributed by atoms with E-state index in [1.807, 2.05) is 6.92 Å². The topological polar surface area (TPSA) is 73.5 Å². The van der Waals surface area contributed by atoms with E-state index in [1.165, 1.54) is 0 Å². The number of rotatable bonds is 7. The van der Waals surface area contributed by atoms with E-state index in [0.29, 0.717) is 13.0 Å². The molecule has 0 amide bonds. The first-order chi connectivity index (χ1) is 7.49. The molecule has 0 saturated carbocycles. The average Bonchev–Trinajstić information content (AvgIpc) is 2.26. The summed E-state index contributed by atoms with van der Waals surface area (Å²) >= 11 is 4.26. The second-order valence-electron chi connectivity index (χ2n) is 3.39. The molecule has 91 valence electrons. The molecule has 16 heavy (non-hydrogen) atoms. The number of unbranched alkanes of at least 4 members (excludes halogenated alkanes) is 1. The molecule has 0 fully saturated rings. The summed E-state index contributed by atoms with van der Waals surface area (Å²) in [6, 6.07) is 2.07. The lowest BCUT2D eigenvalue weighted by Crippen LogP contribution is -2.34. The molecule has 4 nitrogen and oxygen atoms in total. The molecule has 0 saturated heterocycles. The minimum atomic E-state index is -1.31. The van der Waals surface area contributed by atoms with Gasteiger partial charge in [-0.2, -0.15) is 17.9 Å². The van der Waals surface area contributed by atoms with Gasteiger partial charge in [-0.15, -0.1) is 0 Å². The van der Waals surface area contributed by atoms with Gasteiger partial charge in [0.15, 0.2) is 0 Å². The van der Waals surface area contributed by atoms with Gasteiger partial charge in [0.25, 0.3) is 0 Å². The largest absolute Gasteiger partial charge is 0.513 e. The zero-order valence-electron chi connectivity index (χ0n) is 9.60. The minimum Gasteiger partial charge on any atom is -0.513 e. The molecule has 0 aromatic heterocycles. The second-order valence-corrected chi connectivity index (χ2v) is 6.19. The molecule has 0 heterocycles. The SMILES string of the molecule is CCCCC(S)(C#N)[Si]=C(O)C(O)OCC. The lowest BCUT2D eigenvalue weighted by Gasteiger charge is -2.17. The fourth-order valence-electron chi connectivity index (χ4n) is 1.09. The summed E-state index contributed by atoms with van der Waals surface area (Å²) < 4.78 is 3.93. The molecule has 6 heteroatoms. The number of hydrogen-bond donors (Lipinski definition) is 3. The maximum Gasteiger partial charge on any atom is 0.208 e. The summed E-state index contributed by atoms with van der Waals surface area (Å²) in [5.41, 5.74) is 0. The van der Waals surface area contributed by atoms with Gasteiger partial charge in [-0.25, -0.2) is 0 Å². The van der Waals surface area contributed by atoms with E-state index in [-0.39, 0.29) is 14.5 Å². The standard InChI is InChI=1S/C10H18NO3SSi/c1-3-5-6-10(15,7-11)16-9(13)8(12)14-4-2/h8,12-13,15H,3-6H2,1-2H3. The number of hydrogen-bond acceptors (Lipinski definition) is 5. The highest BCUT2D eigenvalue weighted by atomic mass is 32.1. The lowest BCUT2D eigenvalue weighted by atomic mass is 10.2. The maximum atomic E-state index is 9.57. The second kappa shape index (κ2) is 7.85. The molecule has 0 aliphatic rings. The van der Waals surface area contributed by atoms with E-state index in [9.17, 15) is 10.2 Å². The van der Waals surface area contributed by atoms with Crippen LogP contribution in [0.4, 0.5) is 0 Å². The summed E-state index contributed by atoms with van der Waals surface area (Å²) in [4.78, 5) is 0. The number of thiol groups is 1. The molecule has 0 spiro atoms. The van der Waals surface area contributed by atoms with E-state index in [1.54, 1.807) is 6.92 Å². The first kappa shape index (κ1) is 15.6. The van der Waals surface area contributed by atoms with Crippen LogP contribution in [0.1, 0.15) is 33.1 Å². The van der Waals surface area contributed by atoms with Crippen LogP contribution in [-0.2, 0) is 4.74 Å². The van der Waals surface area contributed by atoms with Gasteiger partial charge in [-0.3, -0.25) is 0 Å². The Morgan fingerprint density at radius 1 is 1.62 bits per heavy atom. The number of aliphatic hydroxyl groups excluding tert-OH is 2. The number of nitriles is 1. The van der Waals surface area contributed by atoms with Crippen LogP contribution >= 0.6 is 12.6 Å². The number of nitrogens with zero attached hydrogens (tertiary/aromatic N) is 1. The van der Waals surface area contributed by atoms with Crippen molar-refractivity contribution in [3.05, 3.63) is 0 Å². The average molecular weight is 260 g/mol. The highest BCUT2D eigenvalue weighted by Crippen LogP contribution is 2.18. The Morgan fingerprint density at radius 2 is 2.25 bits per heavy atom. The molecule has 2 N–H and O–H groups in total. The smallest absolute Gasteiger partial charge is 0.208 e. The van der Waals surface area contributed by atoms with Crippen LogP contribution in [0.5, 0.6) is 0 Å². The highest BCUT2D eigenvalue weighted by molar-refractivity contribution is 7.83.